The van der Waals surface area contributed by atoms with E-state index in [1.165, 1.54) is 0 Å². The van der Waals surface area contributed by atoms with E-state index < -0.39 is 5.91 Å². The molecular formula is C13H19N3O2. The Bertz CT molecular complexity index is 428. The van der Waals surface area contributed by atoms with Crippen LogP contribution in [0, 0.1) is 5.92 Å². The predicted octanol–water partition coefficient (Wildman–Crippen LogP) is 1.21. The third kappa shape index (κ3) is 2.92. The first-order valence-corrected chi connectivity index (χ1v) is 6.18. The lowest BCUT2D eigenvalue weighted by Gasteiger charge is -2.13. The number of para-hydroxylation sites is 1. The van der Waals surface area contributed by atoms with Crippen LogP contribution < -0.4 is 16.8 Å². The van der Waals surface area contributed by atoms with Crippen LogP contribution in [0.4, 0.5) is 11.4 Å². The molecule has 0 spiro atoms. The number of amides is 1. The number of anilines is 2. The molecule has 5 N–H and O–H groups in total. The number of benzene rings is 1. The molecule has 0 aromatic heterocycles. The zero-order valence-electron chi connectivity index (χ0n) is 10.3. The van der Waals surface area contributed by atoms with Crippen LogP contribution in [0.25, 0.3) is 0 Å². The van der Waals surface area contributed by atoms with Crippen molar-refractivity contribution in [2.75, 3.05) is 30.8 Å². The summed E-state index contributed by atoms with van der Waals surface area (Å²) in [7, 11) is 0. The van der Waals surface area contributed by atoms with Crippen molar-refractivity contribution in [3.05, 3.63) is 23.8 Å². The number of primary amides is 1. The summed E-state index contributed by atoms with van der Waals surface area (Å²) < 4.78 is 5.32. The Balaban J connectivity index is 1.92. The van der Waals surface area contributed by atoms with Crippen LogP contribution in [-0.2, 0) is 4.74 Å². The summed E-state index contributed by atoms with van der Waals surface area (Å²) in [5.41, 5.74) is 12.7. The van der Waals surface area contributed by atoms with Crippen LogP contribution >= 0.6 is 0 Å². The Morgan fingerprint density at radius 3 is 3.00 bits per heavy atom. The lowest BCUT2D eigenvalue weighted by molar-refractivity contribution is 0.100. The van der Waals surface area contributed by atoms with Gasteiger partial charge in [-0.2, -0.15) is 0 Å². The molecule has 0 bridgehead atoms. The highest BCUT2D eigenvalue weighted by atomic mass is 16.5. The van der Waals surface area contributed by atoms with Gasteiger partial charge in [-0.25, -0.2) is 0 Å². The van der Waals surface area contributed by atoms with Crippen molar-refractivity contribution in [2.45, 2.75) is 12.8 Å². The van der Waals surface area contributed by atoms with E-state index in [4.69, 9.17) is 16.2 Å². The number of hydrogen-bond acceptors (Lipinski definition) is 4. The summed E-state index contributed by atoms with van der Waals surface area (Å²) >= 11 is 0. The third-order valence-electron chi connectivity index (χ3n) is 3.26. The average molecular weight is 249 g/mol. The maximum atomic E-state index is 11.2. The fraction of sp³-hybridized carbons (Fsp3) is 0.462. The number of rotatable bonds is 5. The topological polar surface area (TPSA) is 90.4 Å². The molecule has 1 heterocycles. The van der Waals surface area contributed by atoms with Crippen molar-refractivity contribution in [3.63, 3.8) is 0 Å². The molecule has 1 aliphatic heterocycles. The highest BCUT2D eigenvalue weighted by molar-refractivity contribution is 6.00. The van der Waals surface area contributed by atoms with Gasteiger partial charge in [0.05, 0.1) is 16.9 Å². The van der Waals surface area contributed by atoms with E-state index in [0.29, 0.717) is 17.2 Å². The second kappa shape index (κ2) is 5.73. The number of nitrogens with two attached hydrogens (primary N) is 2. The maximum Gasteiger partial charge on any atom is 0.250 e. The van der Waals surface area contributed by atoms with E-state index in [2.05, 4.69) is 5.32 Å². The molecule has 0 aliphatic carbocycles. The van der Waals surface area contributed by atoms with E-state index in [1.54, 1.807) is 12.1 Å². The van der Waals surface area contributed by atoms with Gasteiger partial charge in [0.2, 0.25) is 0 Å². The zero-order valence-corrected chi connectivity index (χ0v) is 10.3. The van der Waals surface area contributed by atoms with E-state index in [1.807, 2.05) is 6.07 Å². The molecule has 2 rings (SSSR count). The molecule has 5 nitrogen and oxygen atoms in total. The van der Waals surface area contributed by atoms with Crippen molar-refractivity contribution in [1.82, 2.24) is 0 Å². The maximum absolute atomic E-state index is 11.2. The Labute approximate surface area is 106 Å². The molecule has 1 unspecified atom stereocenters. The molecule has 18 heavy (non-hydrogen) atoms. The lowest BCUT2D eigenvalue weighted by Crippen LogP contribution is -2.16. The minimum absolute atomic E-state index is 0.365. The molecule has 1 aromatic carbocycles. The number of nitrogen functional groups attached to an aromatic ring is 1. The molecular weight excluding hydrogens is 230 g/mol. The molecule has 0 radical (unpaired) electrons. The Kier molecular flexibility index (Phi) is 4.04. The minimum atomic E-state index is -0.500. The van der Waals surface area contributed by atoms with Gasteiger partial charge in [0.15, 0.2) is 0 Å². The molecule has 5 heteroatoms. The number of ether oxygens (including phenoxy) is 1. The van der Waals surface area contributed by atoms with Crippen LogP contribution in [0.1, 0.15) is 23.2 Å². The molecule has 1 atom stereocenters. The molecule has 98 valence electrons. The van der Waals surface area contributed by atoms with Crippen molar-refractivity contribution < 1.29 is 9.53 Å². The number of carbonyl (C=O) groups excluding carboxylic acids is 1. The summed E-state index contributed by atoms with van der Waals surface area (Å²) in [6.45, 7) is 2.53. The van der Waals surface area contributed by atoms with Gasteiger partial charge < -0.3 is 21.5 Å². The molecule has 1 fully saturated rings. The Morgan fingerprint density at radius 2 is 2.33 bits per heavy atom. The first-order chi connectivity index (χ1) is 8.68. The van der Waals surface area contributed by atoms with Crippen LogP contribution in [0.3, 0.4) is 0 Å². The fourth-order valence-corrected chi connectivity index (χ4v) is 2.16. The minimum Gasteiger partial charge on any atom is -0.396 e. The first-order valence-electron chi connectivity index (χ1n) is 6.18. The Hall–Kier alpha value is -1.75. The summed E-state index contributed by atoms with van der Waals surface area (Å²) in [5.74, 6) is 0.124. The monoisotopic (exact) mass is 249 g/mol. The third-order valence-corrected chi connectivity index (χ3v) is 3.26. The van der Waals surface area contributed by atoms with E-state index in [9.17, 15) is 4.79 Å². The summed E-state index contributed by atoms with van der Waals surface area (Å²) in [4.78, 5) is 11.2. The number of nitrogens with one attached hydrogen (secondary N) is 1. The normalized spacial score (nSPS) is 18.8. The van der Waals surface area contributed by atoms with E-state index >= 15 is 0 Å². The SMILES string of the molecule is NC(=O)c1cccc(NCCC2CCOC2)c1N. The first kappa shape index (κ1) is 12.7. The van der Waals surface area contributed by atoms with E-state index in [0.717, 1.165) is 38.3 Å². The molecule has 0 saturated carbocycles. The Morgan fingerprint density at radius 1 is 1.50 bits per heavy atom. The zero-order chi connectivity index (χ0) is 13.0. The van der Waals surface area contributed by atoms with Gasteiger partial charge in [-0.05, 0) is 30.9 Å². The van der Waals surface area contributed by atoms with Crippen molar-refractivity contribution >= 4 is 17.3 Å². The largest absolute Gasteiger partial charge is 0.396 e. The predicted molar refractivity (Wildman–Crippen MR) is 71.4 cm³/mol. The second-order valence-electron chi connectivity index (χ2n) is 4.58. The van der Waals surface area contributed by atoms with Crippen molar-refractivity contribution in [3.8, 4) is 0 Å². The quantitative estimate of drug-likeness (QED) is 0.684. The van der Waals surface area contributed by atoms with Gasteiger partial charge in [0.1, 0.15) is 0 Å². The van der Waals surface area contributed by atoms with Gasteiger partial charge in [-0.1, -0.05) is 6.07 Å². The highest BCUT2D eigenvalue weighted by Gasteiger charge is 2.15. The second-order valence-corrected chi connectivity index (χ2v) is 4.58. The van der Waals surface area contributed by atoms with Gasteiger partial charge in [0, 0.05) is 19.8 Å². The summed E-state index contributed by atoms with van der Waals surface area (Å²) in [6.07, 6.45) is 2.17. The standard InChI is InChI=1S/C13H19N3O2/c14-12-10(13(15)17)2-1-3-11(12)16-6-4-9-5-7-18-8-9/h1-3,9,16H,4-8,14H2,(H2,15,17). The van der Waals surface area contributed by atoms with Crippen molar-refractivity contribution in [2.24, 2.45) is 11.7 Å². The van der Waals surface area contributed by atoms with E-state index in [-0.39, 0.29) is 0 Å². The van der Waals surface area contributed by atoms with Crippen LogP contribution in [0.5, 0.6) is 0 Å². The average Bonchev–Trinajstić information content (AvgIpc) is 2.84. The lowest BCUT2D eigenvalue weighted by atomic mass is 10.1. The molecule has 1 aliphatic rings. The van der Waals surface area contributed by atoms with Crippen LogP contribution in [0.15, 0.2) is 18.2 Å². The molecule has 1 amide bonds. The summed E-state index contributed by atoms with van der Waals surface area (Å²) in [5, 5.41) is 3.25. The number of hydrogen-bond donors (Lipinski definition) is 3. The fourth-order valence-electron chi connectivity index (χ4n) is 2.16. The van der Waals surface area contributed by atoms with Gasteiger partial charge in [0.25, 0.3) is 5.91 Å². The highest BCUT2D eigenvalue weighted by Crippen LogP contribution is 2.23. The summed E-state index contributed by atoms with van der Waals surface area (Å²) in [6, 6.07) is 5.26. The van der Waals surface area contributed by atoms with Crippen LogP contribution in [0.2, 0.25) is 0 Å². The van der Waals surface area contributed by atoms with Crippen molar-refractivity contribution in [1.29, 1.82) is 0 Å². The molecule has 1 aromatic rings. The van der Waals surface area contributed by atoms with Crippen LogP contribution in [-0.4, -0.2) is 25.7 Å². The number of carbonyl (C=O) groups is 1. The van der Waals surface area contributed by atoms with Gasteiger partial charge in [-0.15, -0.1) is 0 Å². The van der Waals surface area contributed by atoms with Gasteiger partial charge >= 0.3 is 0 Å². The van der Waals surface area contributed by atoms with Gasteiger partial charge in [-0.3, -0.25) is 4.79 Å². The molecule has 1 saturated heterocycles. The smallest absolute Gasteiger partial charge is 0.250 e.